The number of fused-ring (bicyclic) bond motifs is 2. The second kappa shape index (κ2) is 5.76. The van der Waals surface area contributed by atoms with Gasteiger partial charge in [0.15, 0.2) is 5.65 Å². The van der Waals surface area contributed by atoms with Gasteiger partial charge in [0.2, 0.25) is 0 Å². The summed E-state index contributed by atoms with van der Waals surface area (Å²) >= 11 is 0. The lowest BCUT2D eigenvalue weighted by Crippen LogP contribution is -2.25. The Labute approximate surface area is 156 Å². The van der Waals surface area contributed by atoms with Crippen molar-refractivity contribution >= 4 is 22.1 Å². The largest absolute Gasteiger partial charge is 0.433 e. The van der Waals surface area contributed by atoms with E-state index in [-0.39, 0.29) is 11.6 Å². The Morgan fingerprint density at radius 2 is 1.93 bits per heavy atom. The molecule has 0 bridgehead atoms. The number of hydrogen-bond acceptors (Lipinski definition) is 3. The first kappa shape index (κ1) is 17.2. The van der Waals surface area contributed by atoms with E-state index in [1.165, 1.54) is 6.07 Å². The number of H-pyrrole nitrogens is 1. The van der Waals surface area contributed by atoms with Crippen LogP contribution in [0, 0.1) is 6.92 Å². The van der Waals surface area contributed by atoms with Gasteiger partial charge in [-0.15, -0.1) is 0 Å². The van der Waals surface area contributed by atoms with Crippen molar-refractivity contribution in [3.8, 4) is 5.69 Å². The van der Waals surface area contributed by atoms with E-state index in [0.29, 0.717) is 29.9 Å². The Kier molecular flexibility index (Phi) is 3.53. The number of halogens is 4. The van der Waals surface area contributed by atoms with Gasteiger partial charge in [0.05, 0.1) is 11.7 Å². The van der Waals surface area contributed by atoms with Gasteiger partial charge in [-0.25, -0.2) is 14.4 Å². The lowest BCUT2D eigenvalue weighted by molar-refractivity contribution is -0.141. The van der Waals surface area contributed by atoms with Crippen molar-refractivity contribution in [2.75, 3.05) is 0 Å². The highest BCUT2D eigenvalue weighted by Gasteiger charge is 2.36. The van der Waals surface area contributed by atoms with Crippen LogP contribution in [-0.2, 0) is 6.18 Å². The molecular formula is C19H15F4N5. The van der Waals surface area contributed by atoms with Crippen molar-refractivity contribution in [1.82, 2.24) is 24.7 Å². The molecule has 0 unspecified atom stereocenters. The summed E-state index contributed by atoms with van der Waals surface area (Å²) in [6, 6.07) is 5.91. The van der Waals surface area contributed by atoms with Gasteiger partial charge in [0.25, 0.3) is 0 Å². The molecule has 1 fully saturated rings. The highest BCUT2D eigenvalue weighted by atomic mass is 19.4. The normalized spacial score (nSPS) is 20.0. The summed E-state index contributed by atoms with van der Waals surface area (Å²) in [7, 11) is 0. The van der Waals surface area contributed by atoms with Crippen LogP contribution < -0.4 is 0 Å². The molecular weight excluding hydrogens is 374 g/mol. The molecule has 0 aliphatic heterocycles. The van der Waals surface area contributed by atoms with Crippen molar-refractivity contribution in [2.45, 2.75) is 38.0 Å². The number of pyridine rings is 1. The summed E-state index contributed by atoms with van der Waals surface area (Å²) in [6.07, 6.45) is -3.20. The van der Waals surface area contributed by atoms with E-state index in [2.05, 4.69) is 20.2 Å². The number of aryl methyl sites for hydroxylation is 1. The van der Waals surface area contributed by atoms with Gasteiger partial charge in [-0.2, -0.15) is 18.3 Å². The fraction of sp³-hybridized carbons (Fsp3) is 0.316. The maximum absolute atomic E-state index is 13.5. The van der Waals surface area contributed by atoms with Gasteiger partial charge >= 0.3 is 6.18 Å². The van der Waals surface area contributed by atoms with E-state index in [4.69, 9.17) is 0 Å². The first-order chi connectivity index (χ1) is 13.3. The van der Waals surface area contributed by atoms with Gasteiger partial charge in [-0.3, -0.25) is 9.67 Å². The molecule has 28 heavy (non-hydrogen) atoms. The molecule has 0 saturated heterocycles. The Morgan fingerprint density at radius 3 is 2.64 bits per heavy atom. The van der Waals surface area contributed by atoms with Gasteiger partial charge in [0.1, 0.15) is 23.2 Å². The van der Waals surface area contributed by atoms with Crippen LogP contribution >= 0.6 is 0 Å². The summed E-state index contributed by atoms with van der Waals surface area (Å²) in [5.41, 5.74) is 1.88. The topological polar surface area (TPSA) is 59.4 Å². The molecule has 3 aromatic heterocycles. The molecule has 0 radical (unpaired) electrons. The van der Waals surface area contributed by atoms with E-state index in [9.17, 15) is 17.6 Å². The first-order valence-corrected chi connectivity index (χ1v) is 8.86. The third-order valence-electron chi connectivity index (χ3n) is 5.26. The smallest absolute Gasteiger partial charge is 0.280 e. The average Bonchev–Trinajstić information content (AvgIpc) is 3.21. The fourth-order valence-electron chi connectivity index (χ4n) is 3.77. The Bertz CT molecular complexity index is 1200. The minimum absolute atomic E-state index is 0.120. The van der Waals surface area contributed by atoms with Crippen molar-refractivity contribution < 1.29 is 17.6 Å². The van der Waals surface area contributed by atoms with Crippen LogP contribution in [0.25, 0.3) is 27.8 Å². The number of benzene rings is 1. The minimum Gasteiger partial charge on any atom is -0.280 e. The molecule has 1 N–H and O–H groups in total. The fourth-order valence-corrected chi connectivity index (χ4v) is 3.77. The lowest BCUT2D eigenvalue weighted by Gasteiger charge is -2.29. The van der Waals surface area contributed by atoms with Gasteiger partial charge in [0, 0.05) is 17.0 Å². The standard InChI is InChI=1S/C19H15F4N5/c1-9-4-13(7-11-8-24-27-16(9)11)28-17(10-5-12(20)6-10)25-14-2-3-15(19(21,22)23)26-18(14)28/h2-4,7-8,10,12H,5-6H2,1H3,(H,24,27)/t10-,12+. The quantitative estimate of drug-likeness (QED) is 0.499. The van der Waals surface area contributed by atoms with E-state index < -0.39 is 18.0 Å². The molecule has 1 aliphatic carbocycles. The monoisotopic (exact) mass is 389 g/mol. The number of alkyl halides is 4. The summed E-state index contributed by atoms with van der Waals surface area (Å²) in [5, 5.41) is 7.75. The second-order valence-electron chi connectivity index (χ2n) is 7.20. The van der Waals surface area contributed by atoms with E-state index in [1.807, 2.05) is 19.1 Å². The second-order valence-corrected chi connectivity index (χ2v) is 7.20. The Balaban J connectivity index is 1.79. The van der Waals surface area contributed by atoms with Gasteiger partial charge in [-0.1, -0.05) is 0 Å². The highest BCUT2D eigenvalue weighted by molar-refractivity contribution is 5.85. The average molecular weight is 389 g/mol. The zero-order chi connectivity index (χ0) is 19.6. The van der Waals surface area contributed by atoms with Gasteiger partial charge < -0.3 is 0 Å². The predicted molar refractivity (Wildman–Crippen MR) is 95.1 cm³/mol. The minimum atomic E-state index is -4.56. The van der Waals surface area contributed by atoms with Crippen LogP contribution in [0.2, 0.25) is 0 Å². The molecule has 4 aromatic rings. The van der Waals surface area contributed by atoms with Gasteiger partial charge in [-0.05, 0) is 49.6 Å². The first-order valence-electron chi connectivity index (χ1n) is 8.86. The maximum atomic E-state index is 13.5. The summed E-state index contributed by atoms with van der Waals surface area (Å²) in [4.78, 5) is 8.37. The zero-order valence-electron chi connectivity index (χ0n) is 14.8. The van der Waals surface area contributed by atoms with Crippen LogP contribution in [-0.4, -0.2) is 30.9 Å². The highest BCUT2D eigenvalue weighted by Crippen LogP contribution is 2.41. The molecule has 5 rings (SSSR count). The molecule has 0 atom stereocenters. The summed E-state index contributed by atoms with van der Waals surface area (Å²) in [6.45, 7) is 1.89. The molecule has 0 spiro atoms. The number of hydrogen-bond donors (Lipinski definition) is 1. The van der Waals surface area contributed by atoms with Crippen LogP contribution in [0.5, 0.6) is 0 Å². The molecule has 9 heteroatoms. The van der Waals surface area contributed by atoms with E-state index >= 15 is 0 Å². The van der Waals surface area contributed by atoms with Crippen molar-refractivity contribution in [3.63, 3.8) is 0 Å². The molecule has 1 aromatic carbocycles. The van der Waals surface area contributed by atoms with Crippen molar-refractivity contribution in [2.24, 2.45) is 0 Å². The molecule has 3 heterocycles. The number of aromatic nitrogens is 5. The summed E-state index contributed by atoms with van der Waals surface area (Å²) in [5.74, 6) is 0.386. The van der Waals surface area contributed by atoms with Crippen molar-refractivity contribution in [3.05, 3.63) is 47.5 Å². The number of imidazole rings is 1. The van der Waals surface area contributed by atoms with E-state index in [0.717, 1.165) is 22.5 Å². The number of nitrogens with zero attached hydrogens (tertiary/aromatic N) is 4. The summed E-state index contributed by atoms with van der Waals surface area (Å²) < 4.78 is 54.8. The van der Waals surface area contributed by atoms with Crippen LogP contribution in [0.15, 0.2) is 30.5 Å². The number of rotatable bonds is 2. The number of aromatic amines is 1. The maximum Gasteiger partial charge on any atom is 0.433 e. The molecule has 144 valence electrons. The third kappa shape index (κ3) is 2.56. The zero-order valence-corrected chi connectivity index (χ0v) is 14.8. The van der Waals surface area contributed by atoms with Crippen LogP contribution in [0.3, 0.4) is 0 Å². The van der Waals surface area contributed by atoms with Crippen LogP contribution in [0.4, 0.5) is 17.6 Å². The lowest BCUT2D eigenvalue weighted by atomic mass is 9.83. The van der Waals surface area contributed by atoms with Crippen molar-refractivity contribution in [1.29, 1.82) is 0 Å². The SMILES string of the molecule is Cc1cc(-n2c3nc(C(F)(F)F)ccc3nc2[C@H]2C[C@@H](F)C2)cc2cn[nH]c12. The predicted octanol–water partition coefficient (Wildman–Crippen LogP) is 4.84. The molecule has 5 nitrogen and oxygen atoms in total. The number of nitrogens with one attached hydrogen (secondary N) is 1. The molecule has 0 amide bonds. The van der Waals surface area contributed by atoms with E-state index in [1.54, 1.807) is 10.8 Å². The van der Waals surface area contributed by atoms with Crippen LogP contribution in [0.1, 0.15) is 35.8 Å². The third-order valence-corrected chi connectivity index (χ3v) is 5.26. The molecule has 1 aliphatic rings. The Hall–Kier alpha value is -2.97. The molecule has 1 saturated carbocycles. The Morgan fingerprint density at radius 1 is 1.14 bits per heavy atom.